The second kappa shape index (κ2) is 5.81. The molecule has 5 nitrogen and oxygen atoms in total. The Morgan fingerprint density at radius 3 is 2.67 bits per heavy atom. The van der Waals surface area contributed by atoms with E-state index < -0.39 is 17.8 Å². The summed E-state index contributed by atoms with van der Waals surface area (Å²) in [5, 5.41) is 13.7. The number of urea groups is 1. The molecule has 2 amide bonds. The molecule has 0 aliphatic carbocycles. The van der Waals surface area contributed by atoms with Gasteiger partial charge in [-0.2, -0.15) is 0 Å². The molecule has 1 aromatic rings. The Labute approximate surface area is 103 Å². The standard InChI is InChI=1S/C12H13FN2O3/c1-7(2)6-14-12(18)15-10-4-3-8(13)5-9(10)11(16)17/h3-5H,1,6H2,2H3,(H,16,17)(H2,14,15,18). The van der Waals surface area contributed by atoms with Crippen LogP contribution in [0.4, 0.5) is 14.9 Å². The fourth-order valence-corrected chi connectivity index (χ4v) is 1.20. The second-order valence-corrected chi connectivity index (χ2v) is 3.76. The van der Waals surface area contributed by atoms with Gasteiger partial charge in [-0.1, -0.05) is 12.2 Å². The summed E-state index contributed by atoms with van der Waals surface area (Å²) in [7, 11) is 0. The number of aromatic carboxylic acids is 1. The van der Waals surface area contributed by atoms with Crippen LogP contribution in [-0.2, 0) is 0 Å². The summed E-state index contributed by atoms with van der Waals surface area (Å²) in [4.78, 5) is 22.3. The second-order valence-electron chi connectivity index (χ2n) is 3.76. The van der Waals surface area contributed by atoms with Crippen molar-refractivity contribution >= 4 is 17.7 Å². The molecule has 0 heterocycles. The van der Waals surface area contributed by atoms with Gasteiger partial charge in [0, 0.05) is 6.54 Å². The fourth-order valence-electron chi connectivity index (χ4n) is 1.20. The number of hydrogen-bond acceptors (Lipinski definition) is 2. The van der Waals surface area contributed by atoms with E-state index in [1.54, 1.807) is 6.92 Å². The molecule has 1 aromatic carbocycles. The van der Waals surface area contributed by atoms with Gasteiger partial charge in [0.1, 0.15) is 5.82 Å². The smallest absolute Gasteiger partial charge is 0.337 e. The number of carbonyl (C=O) groups is 2. The fraction of sp³-hybridized carbons (Fsp3) is 0.167. The molecular formula is C12H13FN2O3. The molecule has 0 aliphatic rings. The lowest BCUT2D eigenvalue weighted by Crippen LogP contribution is -2.30. The molecule has 0 aliphatic heterocycles. The van der Waals surface area contributed by atoms with Crippen LogP contribution in [0.2, 0.25) is 0 Å². The lowest BCUT2D eigenvalue weighted by molar-refractivity contribution is 0.0697. The van der Waals surface area contributed by atoms with Gasteiger partial charge in [-0.3, -0.25) is 0 Å². The number of nitrogens with one attached hydrogen (secondary N) is 2. The highest BCUT2D eigenvalue weighted by Gasteiger charge is 2.13. The first-order chi connectivity index (χ1) is 8.40. The molecule has 0 unspecified atom stereocenters. The molecule has 6 heteroatoms. The van der Waals surface area contributed by atoms with Crippen molar-refractivity contribution < 1.29 is 19.1 Å². The van der Waals surface area contributed by atoms with Crippen molar-refractivity contribution in [2.24, 2.45) is 0 Å². The highest BCUT2D eigenvalue weighted by Crippen LogP contribution is 2.16. The van der Waals surface area contributed by atoms with E-state index in [0.29, 0.717) is 0 Å². The van der Waals surface area contributed by atoms with Gasteiger partial charge in [-0.15, -0.1) is 0 Å². The van der Waals surface area contributed by atoms with E-state index in [2.05, 4.69) is 17.2 Å². The topological polar surface area (TPSA) is 78.4 Å². The third-order valence-electron chi connectivity index (χ3n) is 2.01. The Morgan fingerprint density at radius 2 is 2.11 bits per heavy atom. The first kappa shape index (κ1) is 13.7. The molecule has 0 aromatic heterocycles. The first-order valence-electron chi connectivity index (χ1n) is 5.12. The molecule has 0 fully saturated rings. The number of amides is 2. The van der Waals surface area contributed by atoms with Crippen LogP contribution in [0.1, 0.15) is 17.3 Å². The molecule has 0 atom stereocenters. The molecule has 96 valence electrons. The highest BCUT2D eigenvalue weighted by atomic mass is 19.1. The van der Waals surface area contributed by atoms with Crippen LogP contribution in [0.25, 0.3) is 0 Å². The van der Waals surface area contributed by atoms with Crippen LogP contribution in [0.5, 0.6) is 0 Å². The molecule has 0 radical (unpaired) electrons. The number of anilines is 1. The average Bonchev–Trinajstić information content (AvgIpc) is 2.28. The third-order valence-corrected chi connectivity index (χ3v) is 2.01. The minimum atomic E-state index is -1.32. The maximum absolute atomic E-state index is 12.9. The van der Waals surface area contributed by atoms with Gasteiger partial charge in [0.15, 0.2) is 0 Å². The van der Waals surface area contributed by atoms with Gasteiger partial charge < -0.3 is 15.7 Å². The minimum Gasteiger partial charge on any atom is -0.478 e. The van der Waals surface area contributed by atoms with E-state index in [0.717, 1.165) is 17.7 Å². The van der Waals surface area contributed by atoms with Crippen molar-refractivity contribution in [3.05, 3.63) is 41.7 Å². The van der Waals surface area contributed by atoms with E-state index in [1.165, 1.54) is 6.07 Å². The average molecular weight is 252 g/mol. The van der Waals surface area contributed by atoms with Crippen molar-refractivity contribution in [2.45, 2.75) is 6.92 Å². The largest absolute Gasteiger partial charge is 0.478 e. The number of halogens is 1. The highest BCUT2D eigenvalue weighted by molar-refractivity contribution is 6.00. The van der Waals surface area contributed by atoms with Gasteiger partial charge in [0.25, 0.3) is 0 Å². The van der Waals surface area contributed by atoms with Crippen molar-refractivity contribution in [3.8, 4) is 0 Å². The summed E-state index contributed by atoms with van der Waals surface area (Å²) in [5.74, 6) is -2.00. The quantitative estimate of drug-likeness (QED) is 0.719. The van der Waals surface area contributed by atoms with Gasteiger partial charge >= 0.3 is 12.0 Å². The van der Waals surface area contributed by atoms with Crippen LogP contribution in [0.3, 0.4) is 0 Å². The number of benzene rings is 1. The van der Waals surface area contributed by atoms with Gasteiger partial charge in [0.05, 0.1) is 11.3 Å². The Hall–Kier alpha value is -2.37. The summed E-state index contributed by atoms with van der Waals surface area (Å²) >= 11 is 0. The number of rotatable bonds is 4. The first-order valence-corrected chi connectivity index (χ1v) is 5.12. The summed E-state index contributed by atoms with van der Waals surface area (Å²) < 4.78 is 12.9. The summed E-state index contributed by atoms with van der Waals surface area (Å²) in [6.07, 6.45) is 0. The summed E-state index contributed by atoms with van der Waals surface area (Å²) in [6, 6.07) is 2.53. The maximum Gasteiger partial charge on any atom is 0.337 e. The van der Waals surface area contributed by atoms with Crippen molar-refractivity contribution in [2.75, 3.05) is 11.9 Å². The Balaban J connectivity index is 2.81. The number of carbonyl (C=O) groups excluding carboxylic acids is 1. The van der Waals surface area contributed by atoms with Crippen molar-refractivity contribution in [1.29, 1.82) is 0 Å². The number of carboxylic acid groups (broad SMARTS) is 1. The van der Waals surface area contributed by atoms with E-state index >= 15 is 0 Å². The normalized spacial score (nSPS) is 9.67. The summed E-state index contributed by atoms with van der Waals surface area (Å²) in [5.41, 5.74) is 0.478. The van der Waals surface area contributed by atoms with Crippen LogP contribution < -0.4 is 10.6 Å². The molecule has 3 N–H and O–H groups in total. The Bertz CT molecular complexity index is 500. The van der Waals surface area contributed by atoms with E-state index in [-0.39, 0.29) is 17.8 Å². The predicted octanol–water partition coefficient (Wildman–Crippen LogP) is 2.22. The van der Waals surface area contributed by atoms with Crippen LogP contribution in [-0.4, -0.2) is 23.7 Å². The maximum atomic E-state index is 12.9. The van der Waals surface area contributed by atoms with Crippen LogP contribution in [0.15, 0.2) is 30.4 Å². The molecule has 0 saturated carbocycles. The molecule has 0 saturated heterocycles. The SMILES string of the molecule is C=C(C)CNC(=O)Nc1ccc(F)cc1C(=O)O. The summed E-state index contributed by atoms with van der Waals surface area (Å²) in [6.45, 7) is 5.62. The lowest BCUT2D eigenvalue weighted by atomic mass is 10.2. The van der Waals surface area contributed by atoms with Crippen LogP contribution in [0, 0.1) is 5.82 Å². The zero-order valence-electron chi connectivity index (χ0n) is 9.79. The van der Waals surface area contributed by atoms with Crippen molar-refractivity contribution in [1.82, 2.24) is 5.32 Å². The lowest BCUT2D eigenvalue weighted by Gasteiger charge is -2.09. The van der Waals surface area contributed by atoms with Crippen molar-refractivity contribution in [3.63, 3.8) is 0 Å². The van der Waals surface area contributed by atoms with E-state index in [4.69, 9.17) is 5.11 Å². The predicted molar refractivity (Wildman–Crippen MR) is 65.2 cm³/mol. The van der Waals surface area contributed by atoms with E-state index in [1.807, 2.05) is 0 Å². The number of hydrogen-bond donors (Lipinski definition) is 3. The zero-order valence-corrected chi connectivity index (χ0v) is 9.79. The Kier molecular flexibility index (Phi) is 4.42. The van der Waals surface area contributed by atoms with E-state index in [9.17, 15) is 14.0 Å². The zero-order chi connectivity index (χ0) is 13.7. The molecular weight excluding hydrogens is 239 g/mol. The monoisotopic (exact) mass is 252 g/mol. The molecule has 18 heavy (non-hydrogen) atoms. The van der Waals surface area contributed by atoms with Gasteiger partial charge in [0.2, 0.25) is 0 Å². The molecule has 0 spiro atoms. The minimum absolute atomic E-state index is 0.0307. The number of carboxylic acids is 1. The van der Waals surface area contributed by atoms with Gasteiger partial charge in [-0.05, 0) is 25.1 Å². The Morgan fingerprint density at radius 1 is 1.44 bits per heavy atom. The van der Waals surface area contributed by atoms with Crippen LogP contribution >= 0.6 is 0 Å². The third kappa shape index (κ3) is 3.89. The van der Waals surface area contributed by atoms with Gasteiger partial charge in [-0.25, -0.2) is 14.0 Å². The molecule has 0 bridgehead atoms. The molecule has 1 rings (SSSR count).